The van der Waals surface area contributed by atoms with Crippen molar-refractivity contribution in [3.05, 3.63) is 23.8 Å². The Morgan fingerprint density at radius 3 is 3.30 bits per heavy atom. The molecule has 0 aromatic heterocycles. The number of hydrogen-bond donors (Lipinski definition) is 0. The van der Waals surface area contributed by atoms with Crippen LogP contribution in [0.25, 0.3) is 0 Å². The summed E-state index contributed by atoms with van der Waals surface area (Å²) in [5.41, 5.74) is 1.35. The van der Waals surface area contributed by atoms with Gasteiger partial charge in [0.15, 0.2) is 5.78 Å². The molecule has 0 amide bonds. The fourth-order valence-electron chi connectivity index (χ4n) is 1.74. The Kier molecular flexibility index (Phi) is 1.23. The normalized spacial score (nSPS) is 30.2. The van der Waals surface area contributed by atoms with Crippen LogP contribution in [0.15, 0.2) is 23.8 Å². The zero-order valence-electron chi connectivity index (χ0n) is 5.84. The molecule has 1 atom stereocenters. The Labute approximate surface area is 60.4 Å². The molecule has 0 aromatic rings. The summed E-state index contributed by atoms with van der Waals surface area (Å²) in [6.45, 7) is 0. The Balaban J connectivity index is 2.30. The molecule has 1 saturated carbocycles. The lowest BCUT2D eigenvalue weighted by molar-refractivity contribution is -0.110. The average Bonchev–Trinajstić information content (AvgIpc) is 2.33. The van der Waals surface area contributed by atoms with Crippen LogP contribution in [-0.2, 0) is 4.79 Å². The molecule has 1 heteroatoms. The summed E-state index contributed by atoms with van der Waals surface area (Å²) < 4.78 is 0. The first-order chi connectivity index (χ1) is 4.86. The van der Waals surface area contributed by atoms with Crippen molar-refractivity contribution in [3.8, 4) is 0 Å². The van der Waals surface area contributed by atoms with Gasteiger partial charge in [0.05, 0.1) is 0 Å². The number of fused-ring (bicyclic) bond motifs is 1. The molecule has 0 aromatic carbocycles. The predicted molar refractivity (Wildman–Crippen MR) is 39.6 cm³/mol. The van der Waals surface area contributed by atoms with Crippen molar-refractivity contribution in [2.24, 2.45) is 5.92 Å². The van der Waals surface area contributed by atoms with E-state index in [1.165, 1.54) is 18.4 Å². The maximum Gasteiger partial charge on any atom is 0.178 e. The van der Waals surface area contributed by atoms with E-state index < -0.39 is 0 Å². The van der Waals surface area contributed by atoms with Crippen molar-refractivity contribution >= 4 is 5.78 Å². The minimum absolute atomic E-state index is 0.174. The largest absolute Gasteiger partial charge is 0.290 e. The van der Waals surface area contributed by atoms with Crippen LogP contribution in [0.1, 0.15) is 19.3 Å². The first-order valence-electron chi connectivity index (χ1n) is 3.79. The van der Waals surface area contributed by atoms with Gasteiger partial charge in [0.1, 0.15) is 0 Å². The average molecular weight is 134 g/mol. The standard InChI is InChI=1S/C9H10O/c10-9-5-4-7-2-1-3-8(7)6-9/h4-7H,1-3H2. The smallest absolute Gasteiger partial charge is 0.178 e. The maximum atomic E-state index is 10.8. The number of ketones is 1. The lowest BCUT2D eigenvalue weighted by Crippen LogP contribution is -2.01. The third-order valence-corrected chi connectivity index (χ3v) is 2.28. The Hall–Kier alpha value is -0.850. The lowest BCUT2D eigenvalue weighted by Gasteiger charge is -2.08. The highest BCUT2D eigenvalue weighted by Gasteiger charge is 2.21. The number of rotatable bonds is 0. The SMILES string of the molecule is O=C1C=CC2CCCC2=C1. The van der Waals surface area contributed by atoms with Gasteiger partial charge in [0.25, 0.3) is 0 Å². The van der Waals surface area contributed by atoms with E-state index in [-0.39, 0.29) is 5.78 Å². The zero-order chi connectivity index (χ0) is 6.97. The summed E-state index contributed by atoms with van der Waals surface area (Å²) in [6.07, 6.45) is 9.19. The molecule has 1 unspecified atom stereocenters. The summed E-state index contributed by atoms with van der Waals surface area (Å²) >= 11 is 0. The van der Waals surface area contributed by atoms with Crippen molar-refractivity contribution in [2.75, 3.05) is 0 Å². The molecule has 0 aliphatic heterocycles. The predicted octanol–water partition coefficient (Wildman–Crippen LogP) is 1.85. The summed E-state index contributed by atoms with van der Waals surface area (Å²) in [5.74, 6) is 0.783. The van der Waals surface area contributed by atoms with Crippen LogP contribution < -0.4 is 0 Å². The van der Waals surface area contributed by atoms with E-state index in [9.17, 15) is 4.79 Å². The topological polar surface area (TPSA) is 17.1 Å². The van der Waals surface area contributed by atoms with Gasteiger partial charge in [-0.25, -0.2) is 0 Å². The molecule has 0 radical (unpaired) electrons. The molecule has 0 heterocycles. The van der Waals surface area contributed by atoms with Gasteiger partial charge in [-0.3, -0.25) is 4.79 Å². The summed E-state index contributed by atoms with van der Waals surface area (Å²) in [4.78, 5) is 10.8. The Morgan fingerprint density at radius 2 is 2.40 bits per heavy atom. The van der Waals surface area contributed by atoms with Gasteiger partial charge < -0.3 is 0 Å². The molecule has 0 bridgehead atoms. The van der Waals surface area contributed by atoms with Crippen LogP contribution in [-0.4, -0.2) is 5.78 Å². The lowest BCUT2D eigenvalue weighted by atomic mass is 9.96. The molecular formula is C9H10O. The number of carbonyl (C=O) groups is 1. The van der Waals surface area contributed by atoms with Crippen molar-refractivity contribution < 1.29 is 4.79 Å². The van der Waals surface area contributed by atoms with E-state index in [1.54, 1.807) is 12.2 Å². The van der Waals surface area contributed by atoms with Crippen LogP contribution >= 0.6 is 0 Å². The van der Waals surface area contributed by atoms with Gasteiger partial charge in [0, 0.05) is 0 Å². The fraction of sp³-hybridized carbons (Fsp3) is 0.444. The molecule has 2 rings (SSSR count). The highest BCUT2D eigenvalue weighted by atomic mass is 16.1. The second-order valence-corrected chi connectivity index (χ2v) is 2.98. The first-order valence-corrected chi connectivity index (χ1v) is 3.79. The molecule has 2 aliphatic rings. The number of allylic oxidation sites excluding steroid dienone is 4. The van der Waals surface area contributed by atoms with Gasteiger partial charge in [0.2, 0.25) is 0 Å². The summed E-state index contributed by atoms with van der Waals surface area (Å²) in [6, 6.07) is 0. The number of carbonyl (C=O) groups excluding carboxylic acids is 1. The summed E-state index contributed by atoms with van der Waals surface area (Å²) in [5, 5.41) is 0. The van der Waals surface area contributed by atoms with Crippen molar-refractivity contribution in [1.82, 2.24) is 0 Å². The van der Waals surface area contributed by atoms with Crippen LogP contribution in [0.4, 0.5) is 0 Å². The van der Waals surface area contributed by atoms with Crippen molar-refractivity contribution in [1.29, 1.82) is 0 Å². The van der Waals surface area contributed by atoms with Crippen LogP contribution in [0.2, 0.25) is 0 Å². The van der Waals surface area contributed by atoms with Crippen LogP contribution in [0.3, 0.4) is 0 Å². The molecule has 1 nitrogen and oxygen atoms in total. The molecule has 0 spiro atoms. The van der Waals surface area contributed by atoms with Crippen molar-refractivity contribution in [2.45, 2.75) is 19.3 Å². The minimum atomic E-state index is 0.174. The summed E-state index contributed by atoms with van der Waals surface area (Å²) in [7, 11) is 0. The third kappa shape index (κ3) is 0.821. The van der Waals surface area contributed by atoms with E-state index in [1.807, 2.05) is 6.08 Å². The first kappa shape index (κ1) is 5.90. The maximum absolute atomic E-state index is 10.8. The van der Waals surface area contributed by atoms with Gasteiger partial charge >= 0.3 is 0 Å². The van der Waals surface area contributed by atoms with Gasteiger partial charge in [-0.2, -0.15) is 0 Å². The second-order valence-electron chi connectivity index (χ2n) is 2.98. The molecule has 52 valence electrons. The molecule has 1 fully saturated rings. The van der Waals surface area contributed by atoms with E-state index in [0.29, 0.717) is 5.92 Å². The van der Waals surface area contributed by atoms with E-state index in [0.717, 1.165) is 6.42 Å². The van der Waals surface area contributed by atoms with Gasteiger partial charge in [-0.1, -0.05) is 11.6 Å². The fourth-order valence-corrected chi connectivity index (χ4v) is 1.74. The van der Waals surface area contributed by atoms with E-state index in [2.05, 4.69) is 0 Å². The molecule has 10 heavy (non-hydrogen) atoms. The third-order valence-electron chi connectivity index (χ3n) is 2.28. The quantitative estimate of drug-likeness (QED) is 0.494. The Bertz CT molecular complexity index is 223. The van der Waals surface area contributed by atoms with Crippen molar-refractivity contribution in [3.63, 3.8) is 0 Å². The highest BCUT2D eigenvalue weighted by molar-refractivity contribution is 6.00. The second kappa shape index (κ2) is 2.08. The molecule has 2 aliphatic carbocycles. The van der Waals surface area contributed by atoms with E-state index in [4.69, 9.17) is 0 Å². The van der Waals surface area contributed by atoms with Crippen LogP contribution in [0, 0.1) is 5.92 Å². The molecule has 0 saturated heterocycles. The van der Waals surface area contributed by atoms with Gasteiger partial charge in [-0.05, 0) is 37.3 Å². The number of hydrogen-bond acceptors (Lipinski definition) is 1. The van der Waals surface area contributed by atoms with Crippen LogP contribution in [0.5, 0.6) is 0 Å². The minimum Gasteiger partial charge on any atom is -0.290 e. The monoisotopic (exact) mass is 134 g/mol. The molecular weight excluding hydrogens is 124 g/mol. The van der Waals surface area contributed by atoms with Gasteiger partial charge in [-0.15, -0.1) is 0 Å². The van der Waals surface area contributed by atoms with E-state index >= 15 is 0 Å². The highest BCUT2D eigenvalue weighted by Crippen LogP contribution is 2.33. The zero-order valence-corrected chi connectivity index (χ0v) is 5.84. The Morgan fingerprint density at radius 1 is 1.50 bits per heavy atom. The molecule has 0 N–H and O–H groups in total.